The molecule has 1 fully saturated rings. The Morgan fingerprint density at radius 1 is 1.10 bits per heavy atom. The van der Waals surface area contributed by atoms with Gasteiger partial charge in [-0.15, -0.1) is 11.1 Å². The van der Waals surface area contributed by atoms with Gasteiger partial charge < -0.3 is 19.6 Å². The molecule has 7 heteroatoms. The monoisotopic (exact) mass is 573 g/mol. The molecule has 3 rings (SSSR count). The first-order valence-electron chi connectivity index (χ1n) is 10.3. The van der Waals surface area contributed by atoms with Gasteiger partial charge in [0.15, 0.2) is 0 Å². The Hall–Kier alpha value is -0.0622. The van der Waals surface area contributed by atoms with E-state index < -0.39 is 0 Å². The molecule has 2 radical (unpaired) electrons. The van der Waals surface area contributed by atoms with Crippen LogP contribution in [0.3, 0.4) is 0 Å². The van der Waals surface area contributed by atoms with Crippen LogP contribution in [0.1, 0.15) is 55.1 Å². The van der Waals surface area contributed by atoms with E-state index in [0.717, 1.165) is 36.8 Å². The zero-order valence-electron chi connectivity index (χ0n) is 19.5. The van der Waals surface area contributed by atoms with Crippen molar-refractivity contribution in [1.29, 1.82) is 0 Å². The number of carbonyl (C=O) groups excluding carboxylic acids is 1. The van der Waals surface area contributed by atoms with E-state index in [1.165, 1.54) is 24.1 Å². The van der Waals surface area contributed by atoms with Crippen LogP contribution in [0.4, 0.5) is 0 Å². The normalized spacial score (nSPS) is 13.4. The Labute approximate surface area is 238 Å². The van der Waals surface area contributed by atoms with E-state index in [1.54, 1.807) is 31.3 Å². The maximum absolute atomic E-state index is 11.3. The van der Waals surface area contributed by atoms with Gasteiger partial charge >= 0.3 is 0 Å². The van der Waals surface area contributed by atoms with E-state index in [2.05, 4.69) is 42.0 Å². The van der Waals surface area contributed by atoms with Gasteiger partial charge in [-0.05, 0) is 24.7 Å². The van der Waals surface area contributed by atoms with Gasteiger partial charge in [0.2, 0.25) is 5.91 Å². The van der Waals surface area contributed by atoms with E-state index in [4.69, 9.17) is 4.74 Å². The average molecular weight is 573 g/mol. The average Bonchev–Trinajstić information content (AvgIpc) is 2.71. The molecule has 0 N–H and O–H groups in total. The molecule has 1 saturated heterocycles. The minimum Gasteiger partial charge on any atom is -0.387 e. The van der Waals surface area contributed by atoms with Gasteiger partial charge in [-0.1, -0.05) is 51.0 Å². The molecule has 0 spiro atoms. The van der Waals surface area contributed by atoms with Crippen molar-refractivity contribution in [2.75, 3.05) is 27.3 Å². The summed E-state index contributed by atoms with van der Waals surface area (Å²) >= 11 is 0. The van der Waals surface area contributed by atoms with E-state index in [0.29, 0.717) is 12.3 Å². The molecule has 2 aromatic rings. The van der Waals surface area contributed by atoms with Crippen LogP contribution in [0.2, 0.25) is 0 Å². The Morgan fingerprint density at radius 2 is 1.71 bits per heavy atom. The van der Waals surface area contributed by atoms with Gasteiger partial charge in [0.05, 0.1) is 0 Å². The van der Waals surface area contributed by atoms with E-state index in [1.807, 2.05) is 13.1 Å². The summed E-state index contributed by atoms with van der Waals surface area (Å²) < 4.78 is 5.36. The van der Waals surface area contributed by atoms with Gasteiger partial charge in [-0.3, -0.25) is 4.79 Å². The zero-order valence-corrected chi connectivity index (χ0v) is 25.2. The van der Waals surface area contributed by atoms with Crippen LogP contribution in [0.15, 0.2) is 24.5 Å². The van der Waals surface area contributed by atoms with Crippen molar-refractivity contribution in [3.05, 3.63) is 59.2 Å². The summed E-state index contributed by atoms with van der Waals surface area (Å²) in [4.78, 5) is 21.5. The number of aromatic nitrogens is 2. The molecule has 5 nitrogen and oxygen atoms in total. The van der Waals surface area contributed by atoms with E-state index >= 15 is 0 Å². The number of hydrogen-bond donors (Lipinski definition) is 0. The van der Waals surface area contributed by atoms with Gasteiger partial charge in [0.1, 0.15) is 0 Å². The maximum Gasteiger partial charge on any atom is 0.216 e. The van der Waals surface area contributed by atoms with Crippen molar-refractivity contribution >= 4 is 5.91 Å². The molecule has 0 aromatic carbocycles. The van der Waals surface area contributed by atoms with Crippen LogP contribution in [-0.2, 0) is 87.8 Å². The molecule has 3 heterocycles. The first-order chi connectivity index (χ1) is 13.8. The largest absolute Gasteiger partial charge is 0.387 e. The standard InChI is InChI=1S/C14H20NO.C10H13N2O.2Y/c1-11(2)13-3-4-14(15-10-13)9-12-5-7-16-8-6-12;1-8-4-5-9(11-7-8)6-10(13)12(2)3;;/h4,10-12H,5-9H2,1-2H3;5,7H,6H2,1-3H3;;/q2*-1;;. The topological polar surface area (TPSA) is 55.3 Å². The smallest absolute Gasteiger partial charge is 0.216 e. The molecule has 1 aliphatic heterocycles. The Morgan fingerprint density at radius 3 is 2.19 bits per heavy atom. The molecule has 1 aliphatic rings. The van der Waals surface area contributed by atoms with Crippen LogP contribution < -0.4 is 0 Å². The second-order valence-electron chi connectivity index (χ2n) is 8.09. The quantitative estimate of drug-likeness (QED) is 0.512. The Kier molecular flexibility index (Phi) is 16.5. The summed E-state index contributed by atoms with van der Waals surface area (Å²) in [6, 6.07) is 10.2. The van der Waals surface area contributed by atoms with Crippen LogP contribution in [-0.4, -0.2) is 48.1 Å². The van der Waals surface area contributed by atoms with Crippen molar-refractivity contribution in [3.63, 3.8) is 0 Å². The molecule has 31 heavy (non-hydrogen) atoms. The van der Waals surface area contributed by atoms with Gasteiger partial charge in [-0.2, -0.15) is 24.3 Å². The van der Waals surface area contributed by atoms with E-state index in [-0.39, 0.29) is 71.3 Å². The predicted molar refractivity (Wildman–Crippen MR) is 115 cm³/mol. The van der Waals surface area contributed by atoms with Crippen molar-refractivity contribution < 1.29 is 74.9 Å². The molecule has 164 valence electrons. The Bertz CT molecular complexity index is 744. The second-order valence-corrected chi connectivity index (χ2v) is 8.09. The fraction of sp³-hybridized carbons (Fsp3) is 0.542. The van der Waals surface area contributed by atoms with Crippen molar-refractivity contribution in [2.45, 2.75) is 52.4 Å². The van der Waals surface area contributed by atoms with Crippen molar-refractivity contribution in [3.8, 4) is 0 Å². The first-order valence-corrected chi connectivity index (χ1v) is 10.3. The summed E-state index contributed by atoms with van der Waals surface area (Å²) in [5.41, 5.74) is 4.14. The number of carbonyl (C=O) groups is 1. The number of hydrogen-bond acceptors (Lipinski definition) is 4. The number of amides is 1. The molecule has 0 saturated carbocycles. The summed E-state index contributed by atoms with van der Waals surface area (Å²) in [6.07, 6.45) is 7.47. The molecule has 2 aromatic heterocycles. The van der Waals surface area contributed by atoms with Gasteiger partial charge in [0, 0.05) is 99.1 Å². The van der Waals surface area contributed by atoms with Gasteiger partial charge in [-0.25, -0.2) is 0 Å². The van der Waals surface area contributed by atoms with Crippen LogP contribution in [0.25, 0.3) is 0 Å². The zero-order chi connectivity index (χ0) is 21.2. The summed E-state index contributed by atoms with van der Waals surface area (Å²) in [5.74, 6) is 1.33. The molecule has 0 aliphatic carbocycles. The fourth-order valence-corrected chi connectivity index (χ4v) is 2.93. The Balaban J connectivity index is 0.000000557. The SMILES string of the molecule is CC(C)c1[c-]cc(CC2CCOCC2)nc1.Cc1[c-]cc(CC(=O)N(C)C)nc1.[Y].[Y]. The predicted octanol–water partition coefficient (Wildman–Crippen LogP) is 3.79. The fourth-order valence-electron chi connectivity index (χ4n) is 2.93. The maximum atomic E-state index is 11.3. The number of nitrogens with zero attached hydrogens (tertiary/aromatic N) is 3. The van der Waals surface area contributed by atoms with Crippen LogP contribution >= 0.6 is 0 Å². The number of likely N-dealkylation sites (N-methyl/N-ethyl adjacent to an activating group) is 1. The van der Waals surface area contributed by atoms with Gasteiger partial charge in [0.25, 0.3) is 0 Å². The second kappa shape index (κ2) is 16.5. The minimum absolute atomic E-state index is 0. The third kappa shape index (κ3) is 12.1. The summed E-state index contributed by atoms with van der Waals surface area (Å²) in [6.45, 7) is 8.10. The third-order valence-corrected chi connectivity index (χ3v) is 4.96. The number of aryl methyl sites for hydroxylation is 1. The number of pyridine rings is 2. The molecular formula is C24H33N3O2Y2-2. The summed E-state index contributed by atoms with van der Waals surface area (Å²) in [5, 5.41) is 0. The first kappa shape index (κ1) is 30.9. The van der Waals surface area contributed by atoms with Crippen molar-refractivity contribution in [1.82, 2.24) is 14.9 Å². The molecule has 1 amide bonds. The van der Waals surface area contributed by atoms with Crippen LogP contribution in [0.5, 0.6) is 0 Å². The minimum atomic E-state index is 0. The third-order valence-electron chi connectivity index (χ3n) is 4.96. The summed E-state index contributed by atoms with van der Waals surface area (Å²) in [7, 11) is 3.47. The molecule has 0 atom stereocenters. The number of rotatable bonds is 5. The molecular weight excluding hydrogens is 540 g/mol. The van der Waals surface area contributed by atoms with E-state index in [9.17, 15) is 4.79 Å². The molecule has 0 unspecified atom stereocenters. The van der Waals surface area contributed by atoms with Crippen LogP contribution in [0, 0.1) is 25.0 Å². The van der Waals surface area contributed by atoms with Crippen molar-refractivity contribution in [2.24, 2.45) is 5.92 Å². The molecule has 0 bridgehead atoms. The number of ether oxygens (including phenoxy) is 1.